The molecule has 1 fully saturated rings. The number of hydrogen-bond donors (Lipinski definition) is 2. The zero-order chi connectivity index (χ0) is 19.8. The average molecular weight is 387 g/mol. The minimum Gasteiger partial charge on any atom is -0.354 e. The summed E-state index contributed by atoms with van der Waals surface area (Å²) in [5.41, 5.74) is 1.43. The monoisotopic (exact) mass is 386 g/mol. The van der Waals surface area contributed by atoms with Gasteiger partial charge in [0.25, 0.3) is 0 Å². The van der Waals surface area contributed by atoms with Crippen LogP contribution >= 0.6 is 0 Å². The number of nitrogens with one attached hydrogen (secondary N) is 2. The standard InChI is InChI=1S/C20H30N6O2/c1-16(18(27)21-11-8-17-6-3-2-4-7-17)24-20(28)26-14-12-25(13-15-26)19-22-9-5-10-23-19/h5-6,9-10,16H,2-4,7-8,11-15H2,1H3,(H,21,27)(H,24,28). The summed E-state index contributed by atoms with van der Waals surface area (Å²) in [4.78, 5) is 37.0. The summed E-state index contributed by atoms with van der Waals surface area (Å²) in [5.74, 6) is 0.546. The topological polar surface area (TPSA) is 90.5 Å². The Morgan fingerprint density at radius 2 is 1.89 bits per heavy atom. The molecule has 2 heterocycles. The van der Waals surface area contributed by atoms with Crippen LogP contribution in [0, 0.1) is 0 Å². The van der Waals surface area contributed by atoms with Crippen LogP contribution in [0.1, 0.15) is 39.0 Å². The predicted molar refractivity (Wildman–Crippen MR) is 108 cm³/mol. The van der Waals surface area contributed by atoms with Crippen molar-refractivity contribution in [1.82, 2.24) is 25.5 Å². The summed E-state index contributed by atoms with van der Waals surface area (Å²) in [7, 11) is 0. The molecule has 1 aromatic heterocycles. The lowest BCUT2D eigenvalue weighted by Crippen LogP contribution is -2.55. The number of urea groups is 1. The van der Waals surface area contributed by atoms with Gasteiger partial charge in [-0.2, -0.15) is 0 Å². The van der Waals surface area contributed by atoms with Crippen molar-refractivity contribution in [3.8, 4) is 0 Å². The molecule has 2 N–H and O–H groups in total. The molecule has 3 rings (SSSR count). The van der Waals surface area contributed by atoms with Gasteiger partial charge in [-0.05, 0) is 45.1 Å². The first kappa shape index (κ1) is 20.1. The molecule has 28 heavy (non-hydrogen) atoms. The van der Waals surface area contributed by atoms with Crippen molar-refractivity contribution < 1.29 is 9.59 Å². The average Bonchev–Trinajstić information content (AvgIpc) is 2.75. The minimum atomic E-state index is -0.552. The van der Waals surface area contributed by atoms with Gasteiger partial charge in [0.1, 0.15) is 6.04 Å². The SMILES string of the molecule is CC(NC(=O)N1CCN(c2ncccn2)CC1)C(=O)NCCC1=CCCCC1. The Hall–Kier alpha value is -2.64. The molecule has 0 bridgehead atoms. The lowest BCUT2D eigenvalue weighted by molar-refractivity contribution is -0.122. The van der Waals surface area contributed by atoms with E-state index in [9.17, 15) is 9.59 Å². The van der Waals surface area contributed by atoms with Crippen LogP contribution in [0.25, 0.3) is 0 Å². The number of nitrogens with zero attached hydrogens (tertiary/aromatic N) is 4. The quantitative estimate of drug-likeness (QED) is 0.727. The lowest BCUT2D eigenvalue weighted by Gasteiger charge is -2.35. The van der Waals surface area contributed by atoms with Crippen LogP contribution in [0.5, 0.6) is 0 Å². The highest BCUT2D eigenvalue weighted by Crippen LogP contribution is 2.19. The van der Waals surface area contributed by atoms with Gasteiger partial charge in [0.15, 0.2) is 0 Å². The summed E-state index contributed by atoms with van der Waals surface area (Å²) in [5, 5.41) is 5.73. The van der Waals surface area contributed by atoms with Crippen molar-refractivity contribution in [2.24, 2.45) is 0 Å². The third-order valence-electron chi connectivity index (χ3n) is 5.27. The lowest BCUT2D eigenvalue weighted by atomic mass is 9.97. The largest absolute Gasteiger partial charge is 0.354 e. The molecule has 0 spiro atoms. The molecule has 1 saturated heterocycles. The van der Waals surface area contributed by atoms with E-state index in [1.54, 1.807) is 30.3 Å². The molecular weight excluding hydrogens is 356 g/mol. The zero-order valence-corrected chi connectivity index (χ0v) is 16.6. The van der Waals surface area contributed by atoms with E-state index in [1.165, 1.54) is 18.4 Å². The third kappa shape index (κ3) is 5.68. The van der Waals surface area contributed by atoms with Gasteiger partial charge in [-0.3, -0.25) is 4.79 Å². The van der Waals surface area contributed by atoms with Gasteiger partial charge in [-0.25, -0.2) is 14.8 Å². The molecule has 1 aromatic rings. The third-order valence-corrected chi connectivity index (χ3v) is 5.27. The van der Waals surface area contributed by atoms with Crippen LogP contribution in [0.2, 0.25) is 0 Å². The second-order valence-corrected chi connectivity index (χ2v) is 7.34. The maximum absolute atomic E-state index is 12.5. The number of anilines is 1. The number of amides is 3. The van der Waals surface area contributed by atoms with Crippen molar-refractivity contribution >= 4 is 17.9 Å². The second kappa shape index (κ2) is 10.1. The zero-order valence-electron chi connectivity index (χ0n) is 16.6. The molecule has 1 atom stereocenters. The summed E-state index contributed by atoms with van der Waals surface area (Å²) in [6.07, 6.45) is 11.4. The molecule has 1 unspecified atom stereocenters. The fourth-order valence-electron chi connectivity index (χ4n) is 3.54. The van der Waals surface area contributed by atoms with Gasteiger partial charge in [-0.15, -0.1) is 0 Å². The highest BCUT2D eigenvalue weighted by atomic mass is 16.2. The van der Waals surface area contributed by atoms with Crippen molar-refractivity contribution in [3.63, 3.8) is 0 Å². The Balaban J connectivity index is 1.36. The van der Waals surface area contributed by atoms with Crippen LogP contribution in [0.3, 0.4) is 0 Å². The number of hydrogen-bond acceptors (Lipinski definition) is 5. The van der Waals surface area contributed by atoms with E-state index in [4.69, 9.17) is 0 Å². The number of carbonyl (C=O) groups excluding carboxylic acids is 2. The summed E-state index contributed by atoms with van der Waals surface area (Å²) < 4.78 is 0. The molecule has 8 nitrogen and oxygen atoms in total. The molecule has 152 valence electrons. The molecule has 0 radical (unpaired) electrons. The number of aromatic nitrogens is 2. The molecule has 1 aliphatic heterocycles. The van der Waals surface area contributed by atoms with Crippen molar-refractivity contribution in [1.29, 1.82) is 0 Å². The minimum absolute atomic E-state index is 0.138. The molecule has 1 aliphatic carbocycles. The van der Waals surface area contributed by atoms with Gasteiger partial charge in [-0.1, -0.05) is 11.6 Å². The molecule has 3 amide bonds. The Morgan fingerprint density at radius 3 is 2.57 bits per heavy atom. The normalized spacial score (nSPS) is 18.2. The first-order valence-electron chi connectivity index (χ1n) is 10.2. The molecular formula is C20H30N6O2. The van der Waals surface area contributed by atoms with Gasteiger partial charge < -0.3 is 20.4 Å². The van der Waals surface area contributed by atoms with Gasteiger partial charge in [0, 0.05) is 45.1 Å². The van der Waals surface area contributed by atoms with Crippen LogP contribution < -0.4 is 15.5 Å². The predicted octanol–water partition coefficient (Wildman–Crippen LogP) is 1.70. The number of allylic oxidation sites excluding steroid dienone is 1. The Labute approximate surface area is 166 Å². The van der Waals surface area contributed by atoms with Gasteiger partial charge in [0.2, 0.25) is 11.9 Å². The highest BCUT2D eigenvalue weighted by Gasteiger charge is 2.24. The van der Waals surface area contributed by atoms with Gasteiger partial charge >= 0.3 is 6.03 Å². The van der Waals surface area contributed by atoms with E-state index in [0.717, 1.165) is 19.3 Å². The molecule has 8 heteroatoms. The maximum Gasteiger partial charge on any atom is 0.318 e. The van der Waals surface area contributed by atoms with E-state index in [0.29, 0.717) is 38.7 Å². The van der Waals surface area contributed by atoms with Crippen LogP contribution in [0.4, 0.5) is 10.7 Å². The van der Waals surface area contributed by atoms with E-state index in [-0.39, 0.29) is 11.9 Å². The Morgan fingerprint density at radius 1 is 1.14 bits per heavy atom. The smallest absolute Gasteiger partial charge is 0.318 e. The summed E-state index contributed by atoms with van der Waals surface area (Å²) in [6.45, 7) is 4.85. The summed E-state index contributed by atoms with van der Waals surface area (Å²) >= 11 is 0. The Kier molecular flexibility index (Phi) is 7.22. The Bertz CT molecular complexity index is 685. The van der Waals surface area contributed by atoms with Crippen molar-refractivity contribution in [2.45, 2.75) is 45.1 Å². The van der Waals surface area contributed by atoms with E-state index < -0.39 is 6.04 Å². The first-order chi connectivity index (χ1) is 13.6. The highest BCUT2D eigenvalue weighted by molar-refractivity contribution is 5.86. The molecule has 0 saturated carbocycles. The first-order valence-corrected chi connectivity index (χ1v) is 10.2. The summed E-state index contributed by atoms with van der Waals surface area (Å²) in [6, 6.07) is 1.03. The van der Waals surface area contributed by atoms with Crippen LogP contribution in [-0.2, 0) is 4.79 Å². The van der Waals surface area contributed by atoms with Gasteiger partial charge in [0.05, 0.1) is 0 Å². The molecule has 2 aliphatic rings. The second-order valence-electron chi connectivity index (χ2n) is 7.34. The number of rotatable bonds is 6. The maximum atomic E-state index is 12.5. The fraction of sp³-hybridized carbons (Fsp3) is 0.600. The van der Waals surface area contributed by atoms with Crippen molar-refractivity contribution in [2.75, 3.05) is 37.6 Å². The van der Waals surface area contributed by atoms with Crippen LogP contribution in [0.15, 0.2) is 30.1 Å². The number of piperazine rings is 1. The van der Waals surface area contributed by atoms with E-state index >= 15 is 0 Å². The van der Waals surface area contributed by atoms with E-state index in [1.807, 2.05) is 0 Å². The number of carbonyl (C=O) groups is 2. The van der Waals surface area contributed by atoms with Crippen molar-refractivity contribution in [3.05, 3.63) is 30.1 Å². The van der Waals surface area contributed by atoms with Crippen LogP contribution in [-0.4, -0.2) is 65.6 Å². The molecule has 0 aromatic carbocycles. The van der Waals surface area contributed by atoms with E-state index in [2.05, 4.69) is 31.6 Å². The fourth-order valence-corrected chi connectivity index (χ4v) is 3.54.